The molecule has 1 aliphatic rings. The van der Waals surface area contributed by atoms with Gasteiger partial charge in [-0.05, 0) is 6.92 Å². The van der Waals surface area contributed by atoms with Crippen molar-refractivity contribution in [1.29, 1.82) is 0 Å². The van der Waals surface area contributed by atoms with Gasteiger partial charge in [0.15, 0.2) is 0 Å². The lowest BCUT2D eigenvalue weighted by molar-refractivity contribution is -0.0498. The van der Waals surface area contributed by atoms with E-state index in [1.165, 1.54) is 14.0 Å². The lowest BCUT2D eigenvalue weighted by atomic mass is 9.94. The molecule has 1 saturated heterocycles. The van der Waals surface area contributed by atoms with Gasteiger partial charge in [0.25, 0.3) is 0 Å². The van der Waals surface area contributed by atoms with Gasteiger partial charge in [-0.3, -0.25) is 18.1 Å². The van der Waals surface area contributed by atoms with Crippen LogP contribution in [0.5, 0.6) is 0 Å². The third kappa shape index (κ3) is 8.12. The minimum absolute atomic E-state index is 0.134. The maximum atomic E-state index is 14.1. The Balaban J connectivity index is 2.72. The first-order chi connectivity index (χ1) is 13.0. The molecule has 0 aromatic rings. The molecule has 2 N–H and O–H groups in total. The summed E-state index contributed by atoms with van der Waals surface area (Å²) < 4.78 is 71.5. The Bertz CT molecular complexity index is 574. The smallest absolute Gasteiger partial charge is 0.383 e. The summed E-state index contributed by atoms with van der Waals surface area (Å²) in [5.74, 6) is 0. The van der Waals surface area contributed by atoms with Crippen LogP contribution >= 0.6 is 15.6 Å². The summed E-state index contributed by atoms with van der Waals surface area (Å²) in [6.45, 7) is 0.201. The Kier molecular flexibility index (Phi) is 10.8. The van der Waals surface area contributed by atoms with E-state index in [1.807, 2.05) is 0 Å². The normalized spacial score (nSPS) is 31.8. The maximum absolute atomic E-state index is 14.1. The van der Waals surface area contributed by atoms with E-state index in [4.69, 9.17) is 43.5 Å². The Morgan fingerprint density at radius 2 is 1.89 bits per heavy atom. The summed E-state index contributed by atoms with van der Waals surface area (Å²) in [5, 5.41) is 0. The van der Waals surface area contributed by atoms with E-state index in [1.54, 1.807) is 0 Å². The highest BCUT2D eigenvalue weighted by molar-refractivity contribution is 7.47. The Morgan fingerprint density at radius 3 is 2.43 bits per heavy atom. The van der Waals surface area contributed by atoms with Gasteiger partial charge in [0.2, 0.25) is 0 Å². The van der Waals surface area contributed by atoms with Crippen molar-refractivity contribution < 1.29 is 55.6 Å². The molecule has 0 aromatic carbocycles. The van der Waals surface area contributed by atoms with Gasteiger partial charge < -0.3 is 24.0 Å². The monoisotopic (exact) mass is 446 g/mol. The molecule has 160 valence electrons. The van der Waals surface area contributed by atoms with E-state index in [9.17, 15) is 23.3 Å². The number of rotatable bonds is 13. The fraction of sp³-hybridized carbons (Fsp3) is 1.00. The molecule has 11 nitrogen and oxygen atoms in total. The molecule has 8 atom stereocenters. The lowest BCUT2D eigenvalue weighted by Crippen LogP contribution is -2.35. The molecule has 0 aromatic heterocycles. The second-order valence-corrected chi connectivity index (χ2v) is 8.63. The van der Waals surface area contributed by atoms with Crippen LogP contribution in [-0.4, -0.2) is 96.0 Å². The number of hydrogen-bond donors (Lipinski definition) is 2. The summed E-state index contributed by atoms with van der Waals surface area (Å²) in [6.07, 6.45) is -6.72. The highest BCUT2D eigenvalue weighted by atomic mass is 31.2. The molecule has 0 saturated carbocycles. The summed E-state index contributed by atoms with van der Waals surface area (Å²) in [7, 11) is 3.80. The number of ether oxygens (including phenoxy) is 3. The fourth-order valence-corrected chi connectivity index (χ4v) is 3.88. The predicted octanol–water partition coefficient (Wildman–Crippen LogP) is 0.0296. The molecule has 1 aliphatic heterocycles. The van der Waals surface area contributed by atoms with E-state index in [2.05, 4.69) is 4.52 Å². The van der Waals surface area contributed by atoms with Gasteiger partial charge in [-0.1, -0.05) is 0 Å². The van der Waals surface area contributed by atoms with Crippen molar-refractivity contribution in [2.75, 3.05) is 33.9 Å². The van der Waals surface area contributed by atoms with Gasteiger partial charge in [0.05, 0.1) is 25.3 Å². The molecule has 0 amide bonds. The number of methoxy groups -OCH3 is 1. The number of hydrogen-bond acceptors (Lipinski definition) is 9. The maximum Gasteiger partial charge on any atom is 0.472 e. The topological polar surface area (TPSA) is 139 Å². The first-order valence-electron chi connectivity index (χ1n) is 8.04. The Labute approximate surface area is 165 Å². The van der Waals surface area contributed by atoms with Gasteiger partial charge >= 0.3 is 15.6 Å². The van der Waals surface area contributed by atoms with Crippen LogP contribution in [0.15, 0.2) is 0 Å². The SMILES string of the molecule is [B]COC(COP(=O)(O)OC1C(COC)OC([B])C1F)[C@@H](C)OP(=O)(O)OC. The van der Waals surface area contributed by atoms with Gasteiger partial charge in [0.1, 0.15) is 40.2 Å². The molecule has 7 unspecified atom stereocenters. The molecule has 0 spiro atoms. The van der Waals surface area contributed by atoms with Crippen molar-refractivity contribution in [3.05, 3.63) is 0 Å². The first-order valence-corrected chi connectivity index (χ1v) is 11.0. The summed E-state index contributed by atoms with van der Waals surface area (Å²) in [5.41, 5.74) is 0. The number of phosphoric ester groups is 2. The average molecular weight is 446 g/mol. The van der Waals surface area contributed by atoms with Gasteiger partial charge in [0, 0.05) is 20.7 Å². The van der Waals surface area contributed by atoms with Crippen molar-refractivity contribution in [2.45, 2.75) is 43.5 Å². The van der Waals surface area contributed by atoms with Crippen molar-refractivity contribution in [1.82, 2.24) is 0 Å². The molecule has 16 heteroatoms. The quantitative estimate of drug-likeness (QED) is 0.293. The predicted molar refractivity (Wildman–Crippen MR) is 94.7 cm³/mol. The van der Waals surface area contributed by atoms with Crippen LogP contribution in [0.25, 0.3) is 0 Å². The van der Waals surface area contributed by atoms with Crippen LogP contribution < -0.4 is 0 Å². The number of phosphoric acid groups is 2. The van der Waals surface area contributed by atoms with E-state index >= 15 is 0 Å². The molecule has 0 aliphatic carbocycles. The molecular weight excluding hydrogens is 423 g/mol. The van der Waals surface area contributed by atoms with Crippen LogP contribution in [0.3, 0.4) is 0 Å². The van der Waals surface area contributed by atoms with Crippen LogP contribution in [0.1, 0.15) is 6.92 Å². The van der Waals surface area contributed by atoms with E-state index in [0.717, 1.165) is 7.11 Å². The van der Waals surface area contributed by atoms with E-state index in [0.29, 0.717) is 0 Å². The minimum atomic E-state index is -4.81. The minimum Gasteiger partial charge on any atom is -0.383 e. The fourth-order valence-electron chi connectivity index (χ4n) is 2.29. The molecule has 0 bridgehead atoms. The molecular formula is C12H23B2FO11P2. The largest absolute Gasteiger partial charge is 0.472 e. The zero-order valence-corrected chi connectivity index (χ0v) is 17.4. The second kappa shape index (κ2) is 11.5. The molecule has 4 radical (unpaired) electrons. The van der Waals surface area contributed by atoms with Crippen LogP contribution in [0.2, 0.25) is 0 Å². The van der Waals surface area contributed by atoms with Crippen LogP contribution in [0.4, 0.5) is 4.39 Å². The Hall–Kier alpha value is 0.160. The van der Waals surface area contributed by atoms with Gasteiger partial charge in [-0.25, -0.2) is 13.5 Å². The standard InChI is InChI=1S/C12H23B2FO11P2/c1-7(25-27(16,17)21-3)8(22-6-13)5-23-28(18,19)26-11-9(4-20-2)24-12(14)10(11)15/h7-12H,4-6H2,1-3H3,(H,16,17)(H,18,19)/t7-,8?,9?,10?,11?,12?/m1/s1. The summed E-state index contributed by atoms with van der Waals surface area (Å²) >= 11 is 0. The van der Waals surface area contributed by atoms with Crippen LogP contribution in [-0.2, 0) is 41.4 Å². The van der Waals surface area contributed by atoms with Gasteiger partial charge in [-0.15, -0.1) is 0 Å². The summed E-state index contributed by atoms with van der Waals surface area (Å²) in [4.78, 5) is 19.2. The summed E-state index contributed by atoms with van der Waals surface area (Å²) in [6, 6.07) is -1.36. The third-order valence-electron chi connectivity index (χ3n) is 3.68. The second-order valence-electron chi connectivity index (χ2n) is 5.71. The van der Waals surface area contributed by atoms with E-state index < -0.39 is 58.8 Å². The first kappa shape index (κ1) is 26.2. The number of halogens is 1. The van der Waals surface area contributed by atoms with Gasteiger partial charge in [-0.2, -0.15) is 0 Å². The molecule has 28 heavy (non-hydrogen) atoms. The molecule has 1 fully saturated rings. The third-order valence-corrected chi connectivity index (χ3v) is 5.72. The zero-order chi connectivity index (χ0) is 21.5. The molecule has 1 rings (SSSR count). The van der Waals surface area contributed by atoms with E-state index in [-0.39, 0.29) is 13.1 Å². The van der Waals surface area contributed by atoms with Crippen molar-refractivity contribution >= 4 is 31.3 Å². The van der Waals surface area contributed by atoms with Crippen molar-refractivity contribution in [3.63, 3.8) is 0 Å². The highest BCUT2D eigenvalue weighted by Gasteiger charge is 2.47. The van der Waals surface area contributed by atoms with Crippen LogP contribution in [0, 0.1) is 0 Å². The zero-order valence-electron chi connectivity index (χ0n) is 15.6. The highest BCUT2D eigenvalue weighted by Crippen LogP contribution is 2.48. The number of alkyl halides is 1. The molecule has 1 heterocycles. The Morgan fingerprint density at radius 1 is 1.25 bits per heavy atom. The van der Waals surface area contributed by atoms with Crippen molar-refractivity contribution in [3.8, 4) is 0 Å². The van der Waals surface area contributed by atoms with Crippen molar-refractivity contribution in [2.24, 2.45) is 0 Å². The lowest BCUT2D eigenvalue weighted by Gasteiger charge is -2.27. The average Bonchev–Trinajstić information content (AvgIpc) is 2.85.